The summed E-state index contributed by atoms with van der Waals surface area (Å²) in [6.45, 7) is -0.220. The lowest BCUT2D eigenvalue weighted by atomic mass is 9.75. The van der Waals surface area contributed by atoms with E-state index in [0.717, 1.165) is 14.2 Å². The Bertz CT molecular complexity index is 1500. The molecule has 44 heavy (non-hydrogen) atoms. The van der Waals surface area contributed by atoms with Crippen LogP contribution in [-0.2, 0) is 28.7 Å². The third kappa shape index (κ3) is 5.18. The van der Waals surface area contributed by atoms with Gasteiger partial charge in [-0.1, -0.05) is 0 Å². The number of ketones is 2. The summed E-state index contributed by atoms with van der Waals surface area (Å²) in [5.74, 6) is -7.06. The third-order valence-electron chi connectivity index (χ3n) is 7.49. The monoisotopic (exact) mass is 612 g/mol. The summed E-state index contributed by atoms with van der Waals surface area (Å²) in [5.41, 5.74) is -0.686. The molecule has 0 aromatic heterocycles. The lowest BCUT2D eigenvalue weighted by Gasteiger charge is -2.28. The highest BCUT2D eigenvalue weighted by Crippen LogP contribution is 2.49. The van der Waals surface area contributed by atoms with Gasteiger partial charge in [0.05, 0.1) is 52.4 Å². The van der Waals surface area contributed by atoms with Gasteiger partial charge in [-0.25, -0.2) is 0 Å². The lowest BCUT2D eigenvalue weighted by Crippen LogP contribution is -2.31. The maximum Gasteiger partial charge on any atom is 0.306 e. The van der Waals surface area contributed by atoms with Crippen LogP contribution >= 0.6 is 0 Å². The molecule has 2 N–H and O–H groups in total. The van der Waals surface area contributed by atoms with E-state index in [1.807, 2.05) is 0 Å². The predicted octanol–water partition coefficient (Wildman–Crippen LogP) is 2.93. The van der Waals surface area contributed by atoms with Crippen molar-refractivity contribution in [3.63, 3.8) is 0 Å². The van der Waals surface area contributed by atoms with E-state index >= 15 is 0 Å². The fourth-order valence-corrected chi connectivity index (χ4v) is 5.34. The first kappa shape index (κ1) is 30.1. The number of carbonyl (C=O) groups excluding carboxylic acids is 4. The Morgan fingerprint density at radius 3 is 1.41 bits per heavy atom. The first-order chi connectivity index (χ1) is 21.1. The molecule has 2 unspecified atom stereocenters. The smallest absolute Gasteiger partial charge is 0.306 e. The van der Waals surface area contributed by atoms with Crippen molar-refractivity contribution in [2.75, 3.05) is 42.0 Å². The number of methoxy groups -OCH3 is 4. The van der Waals surface area contributed by atoms with Gasteiger partial charge in [-0.05, 0) is 35.4 Å². The van der Waals surface area contributed by atoms with Crippen molar-refractivity contribution < 1.29 is 67.3 Å². The maximum atomic E-state index is 13.9. The van der Waals surface area contributed by atoms with Crippen LogP contribution in [0.5, 0.6) is 34.5 Å². The Balaban J connectivity index is 1.63. The summed E-state index contributed by atoms with van der Waals surface area (Å²) in [5, 5.41) is 22.6. The molecule has 14 nitrogen and oxygen atoms in total. The number of benzene rings is 2. The quantitative estimate of drug-likeness (QED) is 0.295. The highest BCUT2D eigenvalue weighted by molar-refractivity contribution is 6.24. The zero-order chi connectivity index (χ0) is 31.7. The van der Waals surface area contributed by atoms with Gasteiger partial charge in [0.15, 0.2) is 34.5 Å². The Kier molecular flexibility index (Phi) is 8.25. The average molecular weight is 613 g/mol. The van der Waals surface area contributed by atoms with Gasteiger partial charge in [-0.2, -0.15) is 0 Å². The topological polar surface area (TPSA) is 183 Å². The summed E-state index contributed by atoms with van der Waals surface area (Å²) in [6, 6.07) is 5.83. The maximum absolute atomic E-state index is 13.9. The molecule has 2 aromatic carbocycles. The Labute approximate surface area is 250 Å². The molecule has 2 aliphatic heterocycles. The van der Waals surface area contributed by atoms with Crippen molar-refractivity contribution in [2.24, 2.45) is 0 Å². The third-order valence-corrected chi connectivity index (χ3v) is 7.49. The lowest BCUT2D eigenvalue weighted by molar-refractivity contribution is -0.142. The van der Waals surface area contributed by atoms with E-state index in [4.69, 9.17) is 37.9 Å². The van der Waals surface area contributed by atoms with Crippen molar-refractivity contribution >= 4 is 23.5 Å². The van der Waals surface area contributed by atoms with Gasteiger partial charge in [-0.3, -0.25) is 19.2 Å². The largest absolute Gasteiger partial charge is 0.504 e. The van der Waals surface area contributed by atoms with Gasteiger partial charge >= 0.3 is 11.9 Å². The molecule has 0 saturated heterocycles. The molecule has 0 saturated carbocycles. The highest BCUT2D eigenvalue weighted by atomic mass is 16.7. The number of aliphatic hydroxyl groups excluding tert-OH is 2. The van der Waals surface area contributed by atoms with Crippen LogP contribution in [0.15, 0.2) is 46.9 Å². The van der Waals surface area contributed by atoms with Crippen molar-refractivity contribution in [3.05, 3.63) is 58.1 Å². The van der Waals surface area contributed by atoms with E-state index in [-0.39, 0.29) is 59.2 Å². The molecule has 1 aliphatic carbocycles. The second kappa shape index (κ2) is 12.1. The van der Waals surface area contributed by atoms with Gasteiger partial charge < -0.3 is 48.1 Å². The van der Waals surface area contributed by atoms with E-state index in [2.05, 4.69) is 0 Å². The SMILES string of the molecule is COC(=O)CC(C1=C(O)C(=O)C(C(CC(=O)OC)c2cc(OC)c3c(c2)OCO3)=C(O)C1=O)c1cc(OC)c2c(c1)OCO2. The fraction of sp³-hybridized carbons (Fsp3) is 0.333. The molecule has 2 aromatic rings. The zero-order valence-corrected chi connectivity index (χ0v) is 24.1. The molecule has 3 aliphatic rings. The van der Waals surface area contributed by atoms with Gasteiger partial charge in [0.25, 0.3) is 0 Å². The number of esters is 2. The van der Waals surface area contributed by atoms with Crippen molar-refractivity contribution in [3.8, 4) is 34.5 Å². The molecule has 0 amide bonds. The van der Waals surface area contributed by atoms with Gasteiger partial charge in [-0.15, -0.1) is 0 Å². The standard InChI is InChI=1S/C30H28O14/c1-37-17-5-13(7-19-29(17)43-11-41-19)15(9-21(31)39-3)23-25(33)27(35)24(28(36)26(23)34)16(10-22(32)40-4)14-6-18(38-2)30-20(8-14)42-12-44-30/h5-8,15-16,33,36H,9-12H2,1-4H3. The molecule has 0 fully saturated rings. The van der Waals surface area contributed by atoms with Crippen LogP contribution in [0.2, 0.25) is 0 Å². The molecule has 14 heteroatoms. The molecule has 232 valence electrons. The zero-order valence-electron chi connectivity index (χ0n) is 24.1. The minimum Gasteiger partial charge on any atom is -0.504 e. The molecule has 0 radical (unpaired) electrons. The summed E-state index contributed by atoms with van der Waals surface area (Å²) in [4.78, 5) is 52.7. The average Bonchev–Trinajstić information content (AvgIpc) is 3.71. The van der Waals surface area contributed by atoms with E-state index in [1.165, 1.54) is 38.5 Å². The fourth-order valence-electron chi connectivity index (χ4n) is 5.34. The molecule has 2 heterocycles. The minimum absolute atomic E-state index is 0.110. The Morgan fingerprint density at radius 2 is 1.07 bits per heavy atom. The molecular formula is C30H28O14. The van der Waals surface area contributed by atoms with Crippen LogP contribution in [-0.4, -0.2) is 75.7 Å². The first-order valence-electron chi connectivity index (χ1n) is 13.2. The molecule has 0 bridgehead atoms. The van der Waals surface area contributed by atoms with E-state index < -0.39 is 70.8 Å². The summed E-state index contributed by atoms with van der Waals surface area (Å²) in [7, 11) is 5.01. The Hall–Kier alpha value is -5.40. The van der Waals surface area contributed by atoms with Crippen LogP contribution in [0.25, 0.3) is 0 Å². The number of aliphatic hydroxyl groups is 2. The number of carbonyl (C=O) groups is 4. The second-order valence-electron chi connectivity index (χ2n) is 9.76. The summed E-state index contributed by atoms with van der Waals surface area (Å²) in [6.07, 6.45) is -1.02. The molecule has 2 atom stereocenters. The number of allylic oxidation sites excluding steroid dienone is 2. The van der Waals surface area contributed by atoms with Crippen molar-refractivity contribution in [2.45, 2.75) is 24.7 Å². The van der Waals surface area contributed by atoms with Crippen molar-refractivity contribution in [1.29, 1.82) is 0 Å². The normalized spacial score (nSPS) is 16.5. The van der Waals surface area contributed by atoms with Gasteiger partial charge in [0.2, 0.25) is 36.7 Å². The van der Waals surface area contributed by atoms with Crippen LogP contribution in [0.3, 0.4) is 0 Å². The Morgan fingerprint density at radius 1 is 0.682 bits per heavy atom. The van der Waals surface area contributed by atoms with Gasteiger partial charge in [0, 0.05) is 11.8 Å². The van der Waals surface area contributed by atoms with E-state index in [9.17, 15) is 29.4 Å². The number of fused-ring (bicyclic) bond motifs is 2. The number of hydrogen-bond donors (Lipinski definition) is 2. The molecule has 5 rings (SSSR count). The van der Waals surface area contributed by atoms with Crippen LogP contribution in [0.4, 0.5) is 0 Å². The van der Waals surface area contributed by atoms with Crippen LogP contribution < -0.4 is 28.4 Å². The number of rotatable bonds is 10. The first-order valence-corrected chi connectivity index (χ1v) is 13.2. The number of ether oxygens (including phenoxy) is 8. The highest BCUT2D eigenvalue weighted by Gasteiger charge is 2.44. The molecule has 0 spiro atoms. The summed E-state index contributed by atoms with van der Waals surface area (Å²) >= 11 is 0. The van der Waals surface area contributed by atoms with Gasteiger partial charge in [0.1, 0.15) is 0 Å². The van der Waals surface area contributed by atoms with Crippen molar-refractivity contribution in [1.82, 2.24) is 0 Å². The van der Waals surface area contributed by atoms with Crippen LogP contribution in [0.1, 0.15) is 35.8 Å². The van der Waals surface area contributed by atoms with E-state index in [1.54, 1.807) is 0 Å². The predicted molar refractivity (Wildman–Crippen MR) is 146 cm³/mol. The number of Topliss-reactive ketones (excluding diaryl/α,β-unsaturated/α-hetero) is 2. The second-order valence-corrected chi connectivity index (χ2v) is 9.76. The van der Waals surface area contributed by atoms with Crippen LogP contribution in [0, 0.1) is 0 Å². The summed E-state index contributed by atoms with van der Waals surface area (Å²) < 4.78 is 42.1. The minimum atomic E-state index is -1.30. The van der Waals surface area contributed by atoms with E-state index in [0.29, 0.717) is 0 Å². The number of hydrogen-bond acceptors (Lipinski definition) is 14. The molecular weight excluding hydrogens is 584 g/mol.